The molecule has 0 aliphatic rings. The first-order valence-electron chi connectivity index (χ1n) is 9.78. The molecule has 0 saturated carbocycles. The molecule has 0 aromatic heterocycles. The third-order valence-electron chi connectivity index (χ3n) is 4.15. The molecule has 0 fully saturated rings. The van der Waals surface area contributed by atoms with Gasteiger partial charge in [0, 0.05) is 12.8 Å². The van der Waals surface area contributed by atoms with Crippen LogP contribution in [0.15, 0.2) is 35.7 Å². The number of hydrogen-bond donors (Lipinski definition) is 0. The summed E-state index contributed by atoms with van der Waals surface area (Å²) in [5, 5.41) is 22.1. The van der Waals surface area contributed by atoms with Gasteiger partial charge in [-0.15, -0.1) is 0 Å². The summed E-state index contributed by atoms with van der Waals surface area (Å²) < 4.78 is 0. The largest absolute Gasteiger partial charge is 0.303 e. The number of hydrogen-bond acceptors (Lipinski definition) is 5. The van der Waals surface area contributed by atoms with Gasteiger partial charge in [-0.25, -0.2) is 0 Å². The van der Waals surface area contributed by atoms with Crippen molar-refractivity contribution in [2.24, 2.45) is 0 Å². The van der Waals surface area contributed by atoms with Crippen LogP contribution in [-0.2, 0) is 4.79 Å². The Labute approximate surface area is 161 Å². The van der Waals surface area contributed by atoms with Gasteiger partial charge in [0.05, 0.1) is 16.3 Å². The summed E-state index contributed by atoms with van der Waals surface area (Å²) in [5.74, 6) is 0. The van der Waals surface area contributed by atoms with E-state index in [2.05, 4.69) is 6.92 Å². The van der Waals surface area contributed by atoms with Gasteiger partial charge in [0.25, 0.3) is 0 Å². The Bertz CT molecular complexity index is 538. The van der Waals surface area contributed by atoms with Crippen molar-refractivity contribution in [3.63, 3.8) is 0 Å². The smallest absolute Gasteiger partial charge is 0.246 e. The van der Waals surface area contributed by atoms with E-state index in [1.807, 2.05) is 12.2 Å². The van der Waals surface area contributed by atoms with Crippen molar-refractivity contribution < 1.29 is 14.6 Å². The lowest BCUT2D eigenvalue weighted by Gasteiger charge is -1.98. The molecule has 0 aromatic rings. The van der Waals surface area contributed by atoms with E-state index in [0.29, 0.717) is 19.1 Å². The molecule has 7 heteroatoms. The highest BCUT2D eigenvalue weighted by molar-refractivity contribution is 5.49. The van der Waals surface area contributed by atoms with Crippen molar-refractivity contribution in [1.82, 2.24) is 0 Å². The van der Waals surface area contributed by atoms with Gasteiger partial charge in [-0.3, -0.25) is 20.2 Å². The van der Waals surface area contributed by atoms with Crippen LogP contribution in [0, 0.1) is 20.2 Å². The maximum Gasteiger partial charge on any atom is 0.246 e. The second-order valence-electron chi connectivity index (χ2n) is 6.43. The van der Waals surface area contributed by atoms with Crippen LogP contribution in [0.5, 0.6) is 0 Å². The molecule has 0 heterocycles. The molecule has 152 valence electrons. The summed E-state index contributed by atoms with van der Waals surface area (Å²) >= 11 is 0. The molecule has 0 spiro atoms. The first-order valence-corrected chi connectivity index (χ1v) is 9.78. The summed E-state index contributed by atoms with van der Waals surface area (Å²) in [4.78, 5) is 31.3. The summed E-state index contributed by atoms with van der Waals surface area (Å²) in [5.41, 5.74) is -0.128. The molecule has 0 radical (unpaired) electrons. The van der Waals surface area contributed by atoms with Crippen LogP contribution in [0.3, 0.4) is 0 Å². The van der Waals surface area contributed by atoms with Crippen molar-refractivity contribution in [3.05, 3.63) is 55.9 Å². The number of nitrogens with zero attached hydrogens (tertiary/aromatic N) is 2. The van der Waals surface area contributed by atoms with E-state index in [1.165, 1.54) is 44.3 Å². The molecule has 0 bridgehead atoms. The van der Waals surface area contributed by atoms with E-state index < -0.39 is 9.85 Å². The van der Waals surface area contributed by atoms with Crippen molar-refractivity contribution in [2.75, 3.05) is 0 Å². The predicted molar refractivity (Wildman–Crippen MR) is 106 cm³/mol. The Kier molecular flexibility index (Phi) is 15.7. The molecule has 7 nitrogen and oxygen atoms in total. The second-order valence-corrected chi connectivity index (χ2v) is 6.43. The number of rotatable bonds is 17. The van der Waals surface area contributed by atoms with Crippen molar-refractivity contribution in [1.29, 1.82) is 0 Å². The maximum atomic E-state index is 11.1. The van der Waals surface area contributed by atoms with Crippen molar-refractivity contribution in [2.45, 2.75) is 84.0 Å². The summed E-state index contributed by atoms with van der Waals surface area (Å²) in [7, 11) is 0. The average molecular weight is 380 g/mol. The fourth-order valence-corrected chi connectivity index (χ4v) is 2.55. The predicted octanol–water partition coefficient (Wildman–Crippen LogP) is 5.76. The minimum absolute atomic E-state index is 0.0473. The first kappa shape index (κ1) is 24.7. The lowest BCUT2D eigenvalue weighted by atomic mass is 10.1. The average Bonchev–Trinajstić information content (AvgIpc) is 2.63. The van der Waals surface area contributed by atoms with E-state index in [-0.39, 0.29) is 30.7 Å². The van der Waals surface area contributed by atoms with Gasteiger partial charge >= 0.3 is 0 Å². The van der Waals surface area contributed by atoms with E-state index >= 15 is 0 Å². The lowest BCUT2D eigenvalue weighted by molar-refractivity contribution is -0.432. The lowest BCUT2D eigenvalue weighted by Crippen LogP contribution is -2.02. The third-order valence-corrected chi connectivity index (χ3v) is 4.15. The fourth-order valence-electron chi connectivity index (χ4n) is 2.55. The van der Waals surface area contributed by atoms with Crippen LogP contribution in [0.25, 0.3) is 0 Å². The quantitative estimate of drug-likeness (QED) is 0.105. The van der Waals surface area contributed by atoms with Crippen LogP contribution in [0.1, 0.15) is 84.0 Å². The molecule has 0 aliphatic heterocycles. The van der Waals surface area contributed by atoms with Crippen LogP contribution in [0.2, 0.25) is 0 Å². The van der Waals surface area contributed by atoms with Crippen LogP contribution < -0.4 is 0 Å². The van der Waals surface area contributed by atoms with Crippen LogP contribution >= 0.6 is 0 Å². The van der Waals surface area contributed by atoms with Gasteiger partial charge in [0.15, 0.2) is 0 Å². The second kappa shape index (κ2) is 17.1. The molecule has 0 unspecified atom stereocenters. The highest BCUT2D eigenvalue weighted by atomic mass is 16.6. The van der Waals surface area contributed by atoms with Crippen LogP contribution in [0.4, 0.5) is 0 Å². The number of carbonyl (C=O) groups is 1. The molecule has 0 rings (SSSR count). The Balaban J connectivity index is 4.38. The van der Waals surface area contributed by atoms with Crippen LogP contribution in [-0.4, -0.2) is 16.1 Å². The Morgan fingerprint density at radius 3 is 2.11 bits per heavy atom. The molecule has 0 aliphatic carbocycles. The summed E-state index contributed by atoms with van der Waals surface area (Å²) in [6.45, 7) is 2.19. The van der Waals surface area contributed by atoms with E-state index in [4.69, 9.17) is 0 Å². The SMILES string of the molecule is CCCCCCCC/C=C\C/C=C(\C/C=C(\CCCC=O)[N+](=O)[O-])[N+](=O)[O-]. The molecule has 0 N–H and O–H groups in total. The van der Waals surface area contributed by atoms with Crippen molar-refractivity contribution >= 4 is 6.29 Å². The molecule has 0 atom stereocenters. The minimum Gasteiger partial charge on any atom is -0.303 e. The third kappa shape index (κ3) is 14.5. The first-order chi connectivity index (χ1) is 13.0. The number of carbonyl (C=O) groups excluding carboxylic acids is 1. The number of aldehydes is 1. The normalized spacial score (nSPS) is 12.5. The number of nitro groups is 2. The van der Waals surface area contributed by atoms with Gasteiger partial charge in [0.1, 0.15) is 6.29 Å². The van der Waals surface area contributed by atoms with Gasteiger partial charge < -0.3 is 4.79 Å². The Morgan fingerprint density at radius 1 is 0.815 bits per heavy atom. The zero-order valence-electron chi connectivity index (χ0n) is 16.3. The molecular weight excluding hydrogens is 348 g/mol. The zero-order chi connectivity index (χ0) is 20.3. The van der Waals surface area contributed by atoms with Crippen molar-refractivity contribution in [3.8, 4) is 0 Å². The van der Waals surface area contributed by atoms with Gasteiger partial charge in [-0.05, 0) is 37.8 Å². The van der Waals surface area contributed by atoms with Gasteiger partial charge in [-0.2, -0.15) is 0 Å². The summed E-state index contributed by atoms with van der Waals surface area (Å²) in [6.07, 6.45) is 16.9. The zero-order valence-corrected chi connectivity index (χ0v) is 16.3. The molecular formula is C20H32N2O5. The van der Waals surface area contributed by atoms with E-state index in [1.54, 1.807) is 0 Å². The van der Waals surface area contributed by atoms with Gasteiger partial charge in [0.2, 0.25) is 11.4 Å². The molecule has 0 aromatic carbocycles. The summed E-state index contributed by atoms with van der Waals surface area (Å²) in [6, 6.07) is 0. The Hall–Kier alpha value is -2.31. The highest BCUT2D eigenvalue weighted by Gasteiger charge is 2.14. The highest BCUT2D eigenvalue weighted by Crippen LogP contribution is 2.13. The standard InChI is InChI=1S/C20H32N2O5/c1-2-3-4-5-6-7-8-9-10-11-14-19(21(24)25)16-17-20(22(26)27)15-12-13-18-23/h9-10,14,17-18H,2-8,11-13,15-16H2,1H3/b10-9-,19-14+,20-17+. The van der Waals surface area contributed by atoms with E-state index in [9.17, 15) is 25.0 Å². The molecule has 0 amide bonds. The fraction of sp³-hybridized carbons (Fsp3) is 0.650. The van der Waals surface area contributed by atoms with E-state index in [0.717, 1.165) is 12.8 Å². The number of allylic oxidation sites excluding steroid dienone is 5. The Morgan fingerprint density at radius 2 is 1.48 bits per heavy atom. The monoisotopic (exact) mass is 380 g/mol. The molecule has 27 heavy (non-hydrogen) atoms. The van der Waals surface area contributed by atoms with Gasteiger partial charge in [-0.1, -0.05) is 51.2 Å². The maximum absolute atomic E-state index is 11.1. The topological polar surface area (TPSA) is 103 Å². The minimum atomic E-state index is -0.539. The number of unbranched alkanes of at least 4 members (excludes halogenated alkanes) is 7. The molecule has 0 saturated heterocycles.